The van der Waals surface area contributed by atoms with E-state index in [1.807, 2.05) is 6.07 Å². The highest BCUT2D eigenvalue weighted by atomic mass is 79.9. The Morgan fingerprint density at radius 2 is 2.10 bits per heavy atom. The number of piperidine rings is 1. The van der Waals surface area contributed by atoms with Crippen molar-refractivity contribution in [1.82, 2.24) is 4.90 Å². The number of nitro benzene ring substituents is 1. The van der Waals surface area contributed by atoms with E-state index in [4.69, 9.17) is 0 Å². The van der Waals surface area contributed by atoms with Crippen molar-refractivity contribution in [2.75, 3.05) is 6.54 Å². The second-order valence-electron chi connectivity index (χ2n) is 6.03. The van der Waals surface area contributed by atoms with Gasteiger partial charge < -0.3 is 0 Å². The number of halogens is 1. The first-order chi connectivity index (χ1) is 9.38. The van der Waals surface area contributed by atoms with Crippen molar-refractivity contribution in [2.45, 2.75) is 39.8 Å². The molecular weight excluding hydrogens is 320 g/mol. The van der Waals surface area contributed by atoms with Gasteiger partial charge in [0.25, 0.3) is 5.69 Å². The second-order valence-corrected chi connectivity index (χ2v) is 6.89. The molecule has 1 aromatic carbocycles. The molecule has 3 atom stereocenters. The lowest BCUT2D eigenvalue weighted by molar-refractivity contribution is -0.385. The molecule has 0 radical (unpaired) electrons. The SMILES string of the molecule is CC1CC(C)C(C)N(Cc2ccc(Br)c([N+](=O)[O-])c2)C1. The van der Waals surface area contributed by atoms with Crippen LogP contribution in [-0.4, -0.2) is 22.4 Å². The maximum atomic E-state index is 11.0. The molecule has 0 N–H and O–H groups in total. The van der Waals surface area contributed by atoms with E-state index >= 15 is 0 Å². The molecule has 110 valence electrons. The molecule has 1 aromatic rings. The van der Waals surface area contributed by atoms with E-state index in [9.17, 15) is 10.1 Å². The van der Waals surface area contributed by atoms with Gasteiger partial charge in [-0.15, -0.1) is 0 Å². The van der Waals surface area contributed by atoms with E-state index in [0.29, 0.717) is 22.4 Å². The van der Waals surface area contributed by atoms with Crippen LogP contribution >= 0.6 is 15.9 Å². The number of hydrogen-bond donors (Lipinski definition) is 0. The molecule has 1 heterocycles. The molecule has 0 saturated carbocycles. The fourth-order valence-electron chi connectivity index (χ4n) is 3.07. The molecular formula is C15H21BrN2O2. The molecule has 0 spiro atoms. The number of rotatable bonds is 3. The van der Waals surface area contributed by atoms with Gasteiger partial charge in [0.2, 0.25) is 0 Å². The predicted molar refractivity (Wildman–Crippen MR) is 83.6 cm³/mol. The summed E-state index contributed by atoms with van der Waals surface area (Å²) in [5, 5.41) is 11.0. The molecule has 5 heteroatoms. The van der Waals surface area contributed by atoms with Crippen molar-refractivity contribution >= 4 is 21.6 Å². The summed E-state index contributed by atoms with van der Waals surface area (Å²) >= 11 is 3.23. The topological polar surface area (TPSA) is 46.4 Å². The zero-order valence-corrected chi connectivity index (χ0v) is 13.8. The van der Waals surface area contributed by atoms with Crippen LogP contribution in [0.3, 0.4) is 0 Å². The van der Waals surface area contributed by atoms with Crippen molar-refractivity contribution in [3.63, 3.8) is 0 Å². The first-order valence-electron chi connectivity index (χ1n) is 7.05. The van der Waals surface area contributed by atoms with Crippen molar-refractivity contribution in [3.05, 3.63) is 38.3 Å². The molecule has 0 aromatic heterocycles. The van der Waals surface area contributed by atoms with Gasteiger partial charge in [0.05, 0.1) is 9.40 Å². The van der Waals surface area contributed by atoms with Gasteiger partial charge in [-0.3, -0.25) is 15.0 Å². The highest BCUT2D eigenvalue weighted by molar-refractivity contribution is 9.10. The maximum absolute atomic E-state index is 11.0. The monoisotopic (exact) mass is 340 g/mol. The molecule has 1 aliphatic rings. The van der Waals surface area contributed by atoms with E-state index in [0.717, 1.165) is 18.7 Å². The molecule has 0 amide bonds. The highest BCUT2D eigenvalue weighted by Crippen LogP contribution is 2.30. The largest absolute Gasteiger partial charge is 0.296 e. The van der Waals surface area contributed by atoms with Crippen molar-refractivity contribution < 1.29 is 4.92 Å². The molecule has 1 saturated heterocycles. The molecule has 0 aliphatic carbocycles. The lowest BCUT2D eigenvalue weighted by Gasteiger charge is -2.41. The maximum Gasteiger partial charge on any atom is 0.283 e. The van der Waals surface area contributed by atoms with Crippen LogP contribution in [0.15, 0.2) is 22.7 Å². The third-order valence-corrected chi connectivity index (χ3v) is 4.98. The zero-order valence-electron chi connectivity index (χ0n) is 12.2. The smallest absolute Gasteiger partial charge is 0.283 e. The minimum atomic E-state index is -0.335. The van der Waals surface area contributed by atoms with Crippen LogP contribution in [0.1, 0.15) is 32.8 Å². The summed E-state index contributed by atoms with van der Waals surface area (Å²) in [6.45, 7) is 8.67. The number of hydrogen-bond acceptors (Lipinski definition) is 3. The Morgan fingerprint density at radius 1 is 1.40 bits per heavy atom. The highest BCUT2D eigenvalue weighted by Gasteiger charge is 2.28. The van der Waals surface area contributed by atoms with Crippen LogP contribution in [0.2, 0.25) is 0 Å². The normalized spacial score (nSPS) is 27.5. The molecule has 20 heavy (non-hydrogen) atoms. The fourth-order valence-corrected chi connectivity index (χ4v) is 3.46. The lowest BCUT2D eigenvalue weighted by Crippen LogP contribution is -2.45. The minimum Gasteiger partial charge on any atom is -0.296 e. The standard InChI is InChI=1S/C15H21BrN2O2/c1-10-6-11(2)12(3)17(8-10)9-13-4-5-14(16)15(7-13)18(19)20/h4-5,7,10-12H,6,8-9H2,1-3H3. The Labute approximate surface area is 128 Å². The van der Waals surface area contributed by atoms with Gasteiger partial charge in [-0.25, -0.2) is 0 Å². The lowest BCUT2D eigenvalue weighted by atomic mass is 9.86. The van der Waals surface area contributed by atoms with E-state index < -0.39 is 0 Å². The van der Waals surface area contributed by atoms with Crippen LogP contribution in [0.5, 0.6) is 0 Å². The Kier molecular flexibility index (Phi) is 4.81. The zero-order chi connectivity index (χ0) is 14.9. The summed E-state index contributed by atoms with van der Waals surface area (Å²) in [5.41, 5.74) is 1.15. The van der Waals surface area contributed by atoms with Gasteiger partial charge >= 0.3 is 0 Å². The quantitative estimate of drug-likeness (QED) is 0.611. The summed E-state index contributed by atoms with van der Waals surface area (Å²) in [4.78, 5) is 13.1. The number of likely N-dealkylation sites (tertiary alicyclic amines) is 1. The molecule has 3 unspecified atom stereocenters. The van der Waals surface area contributed by atoms with E-state index in [2.05, 4.69) is 41.6 Å². The van der Waals surface area contributed by atoms with E-state index in [1.54, 1.807) is 12.1 Å². The van der Waals surface area contributed by atoms with Crippen LogP contribution in [0.25, 0.3) is 0 Å². The Hall–Kier alpha value is -0.940. The first-order valence-corrected chi connectivity index (χ1v) is 7.84. The van der Waals surface area contributed by atoms with E-state index in [-0.39, 0.29) is 10.6 Å². The Morgan fingerprint density at radius 3 is 2.75 bits per heavy atom. The average Bonchev–Trinajstić information content (AvgIpc) is 2.37. The minimum absolute atomic E-state index is 0.147. The predicted octanol–water partition coefficient (Wildman–Crippen LogP) is 4.22. The fraction of sp³-hybridized carbons (Fsp3) is 0.600. The van der Waals surface area contributed by atoms with Gasteiger partial charge in [-0.05, 0) is 52.7 Å². The first kappa shape index (κ1) is 15.4. The van der Waals surface area contributed by atoms with Crippen molar-refractivity contribution in [1.29, 1.82) is 0 Å². The van der Waals surface area contributed by atoms with Crippen molar-refractivity contribution in [2.24, 2.45) is 11.8 Å². The Balaban J connectivity index is 2.17. The van der Waals surface area contributed by atoms with Gasteiger partial charge in [-0.1, -0.05) is 19.9 Å². The molecule has 1 fully saturated rings. The summed E-state index contributed by atoms with van der Waals surface area (Å²) in [6.07, 6.45) is 1.26. The van der Waals surface area contributed by atoms with Gasteiger partial charge in [0.1, 0.15) is 0 Å². The summed E-state index contributed by atoms with van der Waals surface area (Å²) < 4.78 is 0.541. The number of nitro groups is 1. The number of nitrogens with zero attached hydrogens (tertiary/aromatic N) is 2. The summed E-state index contributed by atoms with van der Waals surface area (Å²) in [7, 11) is 0. The van der Waals surface area contributed by atoms with Gasteiger partial charge in [0, 0.05) is 25.2 Å². The molecule has 0 bridgehead atoms. The van der Waals surface area contributed by atoms with Gasteiger partial charge in [-0.2, -0.15) is 0 Å². The van der Waals surface area contributed by atoms with Crippen LogP contribution in [-0.2, 0) is 6.54 Å². The van der Waals surface area contributed by atoms with Crippen molar-refractivity contribution in [3.8, 4) is 0 Å². The number of benzene rings is 1. The van der Waals surface area contributed by atoms with Crippen LogP contribution < -0.4 is 0 Å². The van der Waals surface area contributed by atoms with E-state index in [1.165, 1.54) is 6.42 Å². The molecule has 4 nitrogen and oxygen atoms in total. The molecule has 1 aliphatic heterocycles. The summed E-state index contributed by atoms with van der Waals surface area (Å²) in [5.74, 6) is 1.36. The third kappa shape index (κ3) is 3.38. The second kappa shape index (κ2) is 6.22. The van der Waals surface area contributed by atoms with Gasteiger partial charge in [0.15, 0.2) is 0 Å². The van der Waals surface area contributed by atoms with Crippen LogP contribution in [0.4, 0.5) is 5.69 Å². The molecule has 2 rings (SSSR count). The average molecular weight is 341 g/mol. The summed E-state index contributed by atoms with van der Waals surface area (Å²) in [6, 6.07) is 5.94. The Bertz CT molecular complexity index is 507. The third-order valence-electron chi connectivity index (χ3n) is 4.31. The van der Waals surface area contributed by atoms with Crippen LogP contribution in [0, 0.1) is 22.0 Å².